The molecule has 9 nitrogen and oxygen atoms in total. The minimum atomic E-state index is -3.17. The Balaban J connectivity index is 1.55. The first-order valence-corrected chi connectivity index (χ1v) is 12.5. The molecule has 1 spiro atoms. The molecule has 0 radical (unpaired) electrons. The maximum atomic E-state index is 13.4. The zero-order valence-electron chi connectivity index (χ0n) is 17.5. The second-order valence-electron chi connectivity index (χ2n) is 8.32. The number of nitrogens with one attached hydrogen (secondary N) is 1. The molecule has 1 aromatic carbocycles. The lowest BCUT2D eigenvalue weighted by Gasteiger charge is -2.33. The van der Waals surface area contributed by atoms with Gasteiger partial charge in [-0.1, -0.05) is 31.5 Å². The van der Waals surface area contributed by atoms with Crippen molar-refractivity contribution in [3.63, 3.8) is 0 Å². The fourth-order valence-electron chi connectivity index (χ4n) is 4.60. The van der Waals surface area contributed by atoms with E-state index in [2.05, 4.69) is 5.32 Å². The third kappa shape index (κ3) is 3.88. The van der Waals surface area contributed by atoms with Crippen LogP contribution in [0, 0.1) is 0 Å². The number of hydrogen-bond acceptors (Lipinski definition) is 6. The first kappa shape index (κ1) is 21.6. The van der Waals surface area contributed by atoms with Gasteiger partial charge >= 0.3 is 6.03 Å². The van der Waals surface area contributed by atoms with Gasteiger partial charge in [0.25, 0.3) is 5.91 Å². The smallest absolute Gasteiger partial charge is 0.325 e. The van der Waals surface area contributed by atoms with Crippen molar-refractivity contribution in [3.05, 3.63) is 29.8 Å². The lowest BCUT2D eigenvalue weighted by atomic mass is 9.84. The minimum absolute atomic E-state index is 0.0522. The van der Waals surface area contributed by atoms with Gasteiger partial charge in [0.1, 0.15) is 12.3 Å². The van der Waals surface area contributed by atoms with Crippen LogP contribution >= 0.6 is 0 Å². The van der Waals surface area contributed by atoms with Crippen LogP contribution < -0.4 is 10.1 Å². The molecule has 3 heterocycles. The number of unbranched alkanes of at least 4 members (excludes halogenated alkanes) is 1. The Kier molecular flexibility index (Phi) is 5.67. The summed E-state index contributed by atoms with van der Waals surface area (Å²) in [5.74, 6) is -0.364. The van der Waals surface area contributed by atoms with Crippen LogP contribution in [0.2, 0.25) is 0 Å². The Bertz CT molecular complexity index is 1010. The largest absolute Gasteiger partial charge is 0.493 e. The number of amides is 4. The van der Waals surface area contributed by atoms with Crippen molar-refractivity contribution < 1.29 is 27.5 Å². The third-order valence-corrected chi connectivity index (χ3v) is 8.02. The summed E-state index contributed by atoms with van der Waals surface area (Å²) in [5.41, 5.74) is -0.656. The Morgan fingerprint density at radius 1 is 1.32 bits per heavy atom. The number of carbonyl (C=O) groups is 3. The van der Waals surface area contributed by atoms with Crippen molar-refractivity contribution >= 4 is 27.7 Å². The van der Waals surface area contributed by atoms with Crippen LogP contribution in [0.1, 0.15) is 38.2 Å². The number of sulfone groups is 1. The first-order valence-electron chi connectivity index (χ1n) is 10.6. The Morgan fingerprint density at radius 2 is 2.10 bits per heavy atom. The quantitative estimate of drug-likeness (QED) is 0.649. The van der Waals surface area contributed by atoms with Crippen molar-refractivity contribution in [2.75, 3.05) is 31.2 Å². The topological polar surface area (TPSA) is 113 Å². The number of para-hydroxylation sites is 1. The van der Waals surface area contributed by atoms with Gasteiger partial charge in [-0.25, -0.2) is 13.2 Å². The van der Waals surface area contributed by atoms with Gasteiger partial charge in [-0.2, -0.15) is 0 Å². The van der Waals surface area contributed by atoms with Crippen molar-refractivity contribution in [2.24, 2.45) is 0 Å². The fraction of sp³-hybridized carbons (Fsp3) is 0.571. The van der Waals surface area contributed by atoms with Crippen LogP contribution in [0.3, 0.4) is 0 Å². The van der Waals surface area contributed by atoms with E-state index in [0.29, 0.717) is 24.3 Å². The number of carbonyl (C=O) groups excluding carboxylic acids is 3. The van der Waals surface area contributed by atoms with Gasteiger partial charge in [0, 0.05) is 24.6 Å². The van der Waals surface area contributed by atoms with Gasteiger partial charge in [0.2, 0.25) is 5.91 Å². The molecule has 0 saturated carbocycles. The Hall–Kier alpha value is -2.62. The highest BCUT2D eigenvalue weighted by molar-refractivity contribution is 7.91. The summed E-state index contributed by atoms with van der Waals surface area (Å²) in [6.45, 7) is 2.25. The van der Waals surface area contributed by atoms with E-state index in [1.807, 2.05) is 6.92 Å². The Morgan fingerprint density at radius 3 is 2.81 bits per heavy atom. The van der Waals surface area contributed by atoms with Crippen LogP contribution in [0.15, 0.2) is 24.3 Å². The zero-order chi connectivity index (χ0) is 22.2. The molecule has 31 heavy (non-hydrogen) atoms. The summed E-state index contributed by atoms with van der Waals surface area (Å²) in [7, 11) is -3.17. The lowest BCUT2D eigenvalue weighted by Crippen LogP contribution is -2.50. The number of ether oxygens (including phenoxy) is 1. The molecule has 2 saturated heterocycles. The number of urea groups is 1. The van der Waals surface area contributed by atoms with E-state index < -0.39 is 45.8 Å². The summed E-state index contributed by atoms with van der Waals surface area (Å²) in [5, 5.41) is 2.79. The number of imide groups is 1. The van der Waals surface area contributed by atoms with Gasteiger partial charge < -0.3 is 15.0 Å². The average molecular weight is 450 g/mol. The minimum Gasteiger partial charge on any atom is -0.493 e. The second-order valence-corrected chi connectivity index (χ2v) is 10.5. The van der Waals surface area contributed by atoms with E-state index in [-0.39, 0.29) is 24.5 Å². The standard InChI is InChI=1S/C21H27N3O6S/c1-2-3-10-23(15-8-12-31(28,29)14-15)18(25)13-24-19(26)21(22-20(24)27)9-11-30-17-7-5-4-6-16(17)21/h4-7,15H,2-3,8-14H2,1H3,(H,22,27)/t15-,21-/m0/s1. The highest BCUT2D eigenvalue weighted by atomic mass is 32.2. The summed E-state index contributed by atoms with van der Waals surface area (Å²) in [6.07, 6.45) is 2.22. The first-order chi connectivity index (χ1) is 14.8. The van der Waals surface area contributed by atoms with Crippen LogP contribution in [-0.4, -0.2) is 73.3 Å². The van der Waals surface area contributed by atoms with Crippen molar-refractivity contribution in [1.82, 2.24) is 15.1 Å². The number of nitrogens with zero attached hydrogens (tertiary/aromatic N) is 2. The predicted molar refractivity (Wildman–Crippen MR) is 112 cm³/mol. The number of benzene rings is 1. The molecule has 4 rings (SSSR count). The van der Waals surface area contributed by atoms with E-state index in [1.165, 1.54) is 4.90 Å². The van der Waals surface area contributed by atoms with Crippen LogP contribution in [0.25, 0.3) is 0 Å². The molecule has 3 aliphatic heterocycles. The molecule has 2 atom stereocenters. The molecule has 3 aliphatic rings. The highest BCUT2D eigenvalue weighted by Gasteiger charge is 2.55. The van der Waals surface area contributed by atoms with Crippen molar-refractivity contribution in [2.45, 2.75) is 44.2 Å². The number of rotatable bonds is 6. The summed E-state index contributed by atoms with van der Waals surface area (Å²) in [6, 6.07) is 6.02. The van der Waals surface area contributed by atoms with Crippen LogP contribution in [-0.2, 0) is 25.0 Å². The van der Waals surface area contributed by atoms with E-state index in [0.717, 1.165) is 17.7 Å². The number of fused-ring (bicyclic) bond motifs is 2. The maximum Gasteiger partial charge on any atom is 0.325 e. The molecule has 0 aromatic heterocycles. The maximum absolute atomic E-state index is 13.4. The number of hydrogen-bond donors (Lipinski definition) is 1. The van der Waals surface area contributed by atoms with Gasteiger partial charge in [-0.05, 0) is 18.9 Å². The molecule has 10 heteroatoms. The SMILES string of the molecule is CCCCN(C(=O)CN1C(=O)N[C@]2(CCOc3ccccc32)C1=O)[C@H]1CCS(=O)(=O)C1. The summed E-state index contributed by atoms with van der Waals surface area (Å²) in [4.78, 5) is 41.8. The van der Waals surface area contributed by atoms with Crippen molar-refractivity contribution in [1.29, 1.82) is 0 Å². The van der Waals surface area contributed by atoms with Gasteiger partial charge in [0.05, 0.1) is 18.1 Å². The Labute approximate surface area is 181 Å². The molecular formula is C21H27N3O6S. The second kappa shape index (κ2) is 8.14. The molecule has 2 fully saturated rings. The molecular weight excluding hydrogens is 422 g/mol. The van der Waals surface area contributed by atoms with Crippen LogP contribution in [0.4, 0.5) is 4.79 Å². The van der Waals surface area contributed by atoms with E-state index in [9.17, 15) is 22.8 Å². The summed E-state index contributed by atoms with van der Waals surface area (Å²) < 4.78 is 29.5. The molecule has 168 valence electrons. The monoisotopic (exact) mass is 449 g/mol. The zero-order valence-corrected chi connectivity index (χ0v) is 18.3. The fourth-order valence-corrected chi connectivity index (χ4v) is 6.33. The molecule has 1 aromatic rings. The average Bonchev–Trinajstić information content (AvgIpc) is 3.21. The molecule has 1 N–H and O–H groups in total. The third-order valence-electron chi connectivity index (χ3n) is 6.27. The van der Waals surface area contributed by atoms with E-state index in [4.69, 9.17) is 4.74 Å². The molecule has 0 unspecified atom stereocenters. The molecule has 4 amide bonds. The highest BCUT2D eigenvalue weighted by Crippen LogP contribution is 2.41. The van der Waals surface area contributed by atoms with E-state index in [1.54, 1.807) is 24.3 Å². The normalized spacial score (nSPS) is 26.5. The van der Waals surface area contributed by atoms with Gasteiger partial charge in [-0.15, -0.1) is 0 Å². The lowest BCUT2D eigenvalue weighted by molar-refractivity contribution is -0.140. The molecule has 0 aliphatic carbocycles. The van der Waals surface area contributed by atoms with Crippen LogP contribution in [0.5, 0.6) is 5.75 Å². The van der Waals surface area contributed by atoms with Gasteiger partial charge in [-0.3, -0.25) is 14.5 Å². The van der Waals surface area contributed by atoms with Crippen molar-refractivity contribution in [3.8, 4) is 5.75 Å². The molecule has 0 bridgehead atoms. The van der Waals surface area contributed by atoms with Gasteiger partial charge in [0.15, 0.2) is 15.4 Å². The van der Waals surface area contributed by atoms with E-state index >= 15 is 0 Å². The predicted octanol–water partition coefficient (Wildman–Crippen LogP) is 1.03. The summed E-state index contributed by atoms with van der Waals surface area (Å²) >= 11 is 0.